The molecule has 0 aliphatic carbocycles. The molecule has 1 aromatic rings. The summed E-state index contributed by atoms with van der Waals surface area (Å²) in [5.41, 5.74) is -2.11. The summed E-state index contributed by atoms with van der Waals surface area (Å²) in [7, 11) is 0. The summed E-state index contributed by atoms with van der Waals surface area (Å²) >= 11 is 0. The van der Waals surface area contributed by atoms with Crippen molar-refractivity contribution in [1.29, 1.82) is 0 Å². The molecule has 0 aliphatic heterocycles. The minimum absolute atomic E-state index is 0.285. The predicted molar refractivity (Wildman–Crippen MR) is 83.6 cm³/mol. The van der Waals surface area contributed by atoms with Crippen molar-refractivity contribution < 1.29 is 0 Å². The first kappa shape index (κ1) is 16.9. The lowest BCUT2D eigenvalue weighted by Gasteiger charge is -2.20. The van der Waals surface area contributed by atoms with Crippen LogP contribution in [0, 0.1) is 5.92 Å². The third kappa shape index (κ3) is 5.06. The van der Waals surface area contributed by atoms with Crippen molar-refractivity contribution in [1.82, 2.24) is 14.5 Å². The number of H-pyrrole nitrogens is 2. The first-order valence-corrected chi connectivity index (χ1v) is 7.16. The molecule has 6 heteroatoms. The molecule has 21 heavy (non-hydrogen) atoms. The Balaban J connectivity index is 2.86. The van der Waals surface area contributed by atoms with Gasteiger partial charge in [0.05, 0.1) is 0 Å². The van der Waals surface area contributed by atoms with Crippen LogP contribution in [0.2, 0.25) is 0 Å². The van der Waals surface area contributed by atoms with Gasteiger partial charge >= 0.3 is 17.1 Å². The van der Waals surface area contributed by atoms with E-state index in [4.69, 9.17) is 0 Å². The van der Waals surface area contributed by atoms with E-state index in [9.17, 15) is 14.4 Å². The van der Waals surface area contributed by atoms with Crippen LogP contribution in [0.5, 0.6) is 0 Å². The Morgan fingerprint density at radius 1 is 1.14 bits per heavy atom. The van der Waals surface area contributed by atoms with Crippen LogP contribution in [0.15, 0.2) is 39.7 Å². The number of hydrogen-bond donors (Lipinski definition) is 2. The van der Waals surface area contributed by atoms with Gasteiger partial charge in [-0.15, -0.1) is 13.2 Å². The van der Waals surface area contributed by atoms with Gasteiger partial charge in [0.2, 0.25) is 0 Å². The van der Waals surface area contributed by atoms with Crippen molar-refractivity contribution in [3.8, 4) is 0 Å². The third-order valence-electron chi connectivity index (χ3n) is 3.51. The van der Waals surface area contributed by atoms with Gasteiger partial charge in [-0.25, -0.2) is 19.0 Å². The number of unbranched alkanes of at least 4 members (excludes halogenated alkanes) is 1. The van der Waals surface area contributed by atoms with Gasteiger partial charge in [0.1, 0.15) is 0 Å². The van der Waals surface area contributed by atoms with Crippen molar-refractivity contribution in [3.63, 3.8) is 0 Å². The van der Waals surface area contributed by atoms with Crippen LogP contribution in [0.4, 0.5) is 0 Å². The zero-order valence-electron chi connectivity index (χ0n) is 12.4. The third-order valence-corrected chi connectivity index (χ3v) is 3.51. The fourth-order valence-corrected chi connectivity index (χ4v) is 2.54. The first-order valence-electron chi connectivity index (χ1n) is 7.16. The van der Waals surface area contributed by atoms with E-state index in [1.165, 1.54) is 0 Å². The molecule has 2 N–H and O–H groups in total. The summed E-state index contributed by atoms with van der Waals surface area (Å²) in [4.78, 5) is 38.7. The summed E-state index contributed by atoms with van der Waals surface area (Å²) in [5, 5.41) is 0. The Hall–Kier alpha value is -2.11. The van der Waals surface area contributed by atoms with Crippen LogP contribution in [0.1, 0.15) is 45.1 Å². The molecule has 0 saturated carbocycles. The monoisotopic (exact) mass is 293 g/mol. The lowest BCUT2D eigenvalue weighted by molar-refractivity contribution is 0.345. The highest BCUT2D eigenvalue weighted by atomic mass is 16.2. The minimum Gasteiger partial charge on any atom is -0.259 e. The van der Waals surface area contributed by atoms with Crippen LogP contribution in [-0.2, 0) is 0 Å². The van der Waals surface area contributed by atoms with Crippen molar-refractivity contribution >= 4 is 0 Å². The molecule has 0 aromatic carbocycles. The maximum absolute atomic E-state index is 11.8. The summed E-state index contributed by atoms with van der Waals surface area (Å²) in [6.45, 7) is 9.25. The van der Waals surface area contributed by atoms with Crippen molar-refractivity contribution in [2.24, 2.45) is 5.92 Å². The Morgan fingerprint density at radius 2 is 1.76 bits per heavy atom. The highest BCUT2D eigenvalue weighted by molar-refractivity contribution is 4.80. The summed E-state index contributed by atoms with van der Waals surface area (Å²) in [6, 6.07) is -0.285. The maximum Gasteiger partial charge on any atom is 0.333 e. The molecule has 0 radical (unpaired) electrons. The number of allylic oxidation sites excluding steroid dienone is 2. The predicted octanol–water partition coefficient (Wildman–Crippen LogP) is 1.72. The van der Waals surface area contributed by atoms with E-state index in [2.05, 4.69) is 23.1 Å². The number of aromatic amines is 2. The Kier molecular flexibility index (Phi) is 6.65. The Bertz CT molecular complexity index is 604. The van der Waals surface area contributed by atoms with E-state index >= 15 is 0 Å². The topological polar surface area (TPSA) is 87.7 Å². The standard InChI is InChI=1S/C15H23N3O3/c1-4-6-7-9-12(8-5-2)10-11(3)18-14(20)16-13(19)17-15(18)21/h4-5,11-12H,1-2,6-10H2,3H3,(H2,16,17,19,20,21). The molecule has 0 spiro atoms. The average Bonchev–Trinajstić information content (AvgIpc) is 2.37. The fourth-order valence-electron chi connectivity index (χ4n) is 2.54. The van der Waals surface area contributed by atoms with Crippen LogP contribution in [0.25, 0.3) is 0 Å². The summed E-state index contributed by atoms with van der Waals surface area (Å²) < 4.78 is 1.06. The number of hydrogen-bond acceptors (Lipinski definition) is 3. The lowest BCUT2D eigenvalue weighted by Crippen LogP contribution is -2.44. The van der Waals surface area contributed by atoms with Gasteiger partial charge in [0.15, 0.2) is 0 Å². The molecular weight excluding hydrogens is 270 g/mol. The van der Waals surface area contributed by atoms with Crippen LogP contribution in [0.3, 0.4) is 0 Å². The van der Waals surface area contributed by atoms with Crippen molar-refractivity contribution in [2.45, 2.75) is 45.1 Å². The molecule has 0 bridgehead atoms. The van der Waals surface area contributed by atoms with Gasteiger partial charge < -0.3 is 0 Å². The zero-order chi connectivity index (χ0) is 15.8. The molecule has 1 heterocycles. The van der Waals surface area contributed by atoms with E-state index in [1.54, 1.807) is 6.92 Å². The minimum atomic E-state index is -0.776. The fraction of sp³-hybridized carbons (Fsp3) is 0.533. The second kappa shape index (κ2) is 8.24. The first-order chi connectivity index (χ1) is 9.99. The highest BCUT2D eigenvalue weighted by Crippen LogP contribution is 2.23. The zero-order valence-corrected chi connectivity index (χ0v) is 12.4. The van der Waals surface area contributed by atoms with Gasteiger partial charge in [0.25, 0.3) is 0 Å². The largest absolute Gasteiger partial charge is 0.333 e. The molecule has 0 saturated heterocycles. The van der Waals surface area contributed by atoms with Gasteiger partial charge in [-0.05, 0) is 44.9 Å². The van der Waals surface area contributed by atoms with Gasteiger partial charge in [-0.3, -0.25) is 9.97 Å². The lowest BCUT2D eigenvalue weighted by atomic mass is 9.92. The molecule has 2 atom stereocenters. The van der Waals surface area contributed by atoms with Gasteiger partial charge in [-0.2, -0.15) is 0 Å². The average molecular weight is 293 g/mol. The molecule has 2 unspecified atom stereocenters. The van der Waals surface area contributed by atoms with Crippen LogP contribution < -0.4 is 17.1 Å². The van der Waals surface area contributed by atoms with Gasteiger partial charge in [-0.1, -0.05) is 12.2 Å². The molecule has 0 fully saturated rings. The Labute approximate surface area is 123 Å². The van der Waals surface area contributed by atoms with Crippen molar-refractivity contribution in [2.75, 3.05) is 0 Å². The molecule has 1 rings (SSSR count). The Morgan fingerprint density at radius 3 is 2.29 bits per heavy atom. The number of aromatic nitrogens is 3. The second-order valence-corrected chi connectivity index (χ2v) is 5.25. The van der Waals surface area contributed by atoms with Crippen LogP contribution in [-0.4, -0.2) is 14.5 Å². The number of nitrogens with zero attached hydrogens (tertiary/aromatic N) is 1. The molecule has 1 aromatic heterocycles. The molecular formula is C15H23N3O3. The molecule has 116 valence electrons. The van der Waals surface area contributed by atoms with E-state index in [0.29, 0.717) is 12.3 Å². The van der Waals surface area contributed by atoms with Gasteiger partial charge in [0, 0.05) is 6.04 Å². The van der Waals surface area contributed by atoms with E-state index in [0.717, 1.165) is 30.3 Å². The number of rotatable bonds is 9. The quantitative estimate of drug-likeness (QED) is 0.537. The highest BCUT2D eigenvalue weighted by Gasteiger charge is 2.16. The van der Waals surface area contributed by atoms with E-state index < -0.39 is 17.1 Å². The van der Waals surface area contributed by atoms with E-state index in [-0.39, 0.29) is 6.04 Å². The second-order valence-electron chi connectivity index (χ2n) is 5.25. The smallest absolute Gasteiger partial charge is 0.259 e. The summed E-state index contributed by atoms with van der Waals surface area (Å²) in [5.74, 6) is 0.343. The van der Waals surface area contributed by atoms with E-state index in [1.807, 2.05) is 12.2 Å². The summed E-state index contributed by atoms with van der Waals surface area (Å²) in [6.07, 6.45) is 8.19. The molecule has 0 amide bonds. The molecule has 0 aliphatic rings. The van der Waals surface area contributed by atoms with Crippen LogP contribution >= 0.6 is 0 Å². The molecule has 6 nitrogen and oxygen atoms in total. The SMILES string of the molecule is C=CCCCC(CC=C)CC(C)n1c(=O)[nH]c(=O)[nH]c1=O. The van der Waals surface area contributed by atoms with Crippen molar-refractivity contribution in [3.05, 3.63) is 56.8 Å². The number of nitrogens with one attached hydrogen (secondary N) is 2. The normalized spacial score (nSPS) is 13.6. The maximum atomic E-state index is 11.8.